The third kappa shape index (κ3) is 4.27. The maximum absolute atomic E-state index is 11.8. The van der Waals surface area contributed by atoms with Gasteiger partial charge < -0.3 is 31.5 Å². The van der Waals surface area contributed by atoms with Gasteiger partial charge in [0, 0.05) is 0 Å². The number of aliphatic hydroxyl groups excluding tert-OH is 3. The van der Waals surface area contributed by atoms with Gasteiger partial charge in [0.15, 0.2) is 23.7 Å². The average molecular weight is 434 g/mol. The predicted molar refractivity (Wildman–Crippen MR) is 92.4 cm³/mol. The zero-order valence-corrected chi connectivity index (χ0v) is 15.6. The fourth-order valence-corrected chi connectivity index (χ4v) is 3.41. The standard InChI is InChI=1S/C13H19N7O8S/c14-5(1-21)12(24)19-29(25,26)27-2-6-8(22)9(23)13(28-6)20-4-18-7-10(15)16-3-17-11(7)20/h3-6,8-9,13,21-23H,1-2,14H2,(H,19,24)(H2,15,16,17)/p+1/t5-,6+,8+,9+,13+/m0/s1. The SMILES string of the molecule is Nc1ncnc2c1ncn2[C@@H]1O[C@H](COS(=O)(=O)NC(=O)[C@@H]([NH3+])CO)[C@@H](O)[C@H]1O. The van der Waals surface area contributed by atoms with E-state index in [1.165, 1.54) is 17.2 Å². The summed E-state index contributed by atoms with van der Waals surface area (Å²) in [4.78, 5) is 23.3. The third-order valence-corrected chi connectivity index (χ3v) is 5.10. The number of carbonyl (C=O) groups excluding carboxylic acids is 1. The molecule has 1 amide bonds. The molecule has 1 aliphatic rings. The number of nitrogens with one attached hydrogen (secondary N) is 1. The van der Waals surface area contributed by atoms with E-state index in [4.69, 9.17) is 15.6 Å². The fraction of sp³-hybridized carbons (Fsp3) is 0.538. The monoisotopic (exact) mass is 434 g/mol. The number of hydrogen-bond donors (Lipinski definition) is 6. The number of aromatic nitrogens is 4. The molecule has 1 fully saturated rings. The molecule has 0 saturated carbocycles. The van der Waals surface area contributed by atoms with Crippen LogP contribution in [0.4, 0.5) is 5.82 Å². The van der Waals surface area contributed by atoms with Crippen molar-refractivity contribution in [3.63, 3.8) is 0 Å². The number of ether oxygens (including phenoxy) is 1. The predicted octanol–water partition coefficient (Wildman–Crippen LogP) is -4.99. The van der Waals surface area contributed by atoms with Gasteiger partial charge in [-0.15, -0.1) is 0 Å². The fourth-order valence-electron chi connectivity index (χ4n) is 2.63. The van der Waals surface area contributed by atoms with Crippen molar-refractivity contribution < 1.29 is 43.2 Å². The number of aliphatic hydroxyl groups is 3. The Balaban J connectivity index is 1.70. The topological polar surface area (TPSA) is 240 Å². The highest BCUT2D eigenvalue weighted by molar-refractivity contribution is 7.85. The smallest absolute Gasteiger partial charge is 0.362 e. The van der Waals surface area contributed by atoms with E-state index >= 15 is 0 Å². The van der Waals surface area contributed by atoms with Gasteiger partial charge in [0.05, 0.1) is 12.9 Å². The van der Waals surface area contributed by atoms with Gasteiger partial charge in [0.25, 0.3) is 5.91 Å². The van der Waals surface area contributed by atoms with Crippen LogP contribution >= 0.6 is 0 Å². The van der Waals surface area contributed by atoms with E-state index in [9.17, 15) is 23.4 Å². The maximum atomic E-state index is 11.8. The molecule has 0 unspecified atom stereocenters. The minimum absolute atomic E-state index is 0.107. The van der Waals surface area contributed by atoms with Crippen molar-refractivity contribution in [2.75, 3.05) is 18.9 Å². The van der Waals surface area contributed by atoms with Crippen LogP contribution in [0.2, 0.25) is 0 Å². The summed E-state index contributed by atoms with van der Waals surface area (Å²) in [6.45, 7) is -1.37. The number of nitrogens with zero attached hydrogens (tertiary/aromatic N) is 4. The minimum Gasteiger partial charge on any atom is -0.390 e. The Morgan fingerprint density at radius 2 is 2.10 bits per heavy atom. The van der Waals surface area contributed by atoms with Gasteiger partial charge in [-0.25, -0.2) is 19.7 Å². The summed E-state index contributed by atoms with van der Waals surface area (Å²) in [6.07, 6.45) is -2.93. The van der Waals surface area contributed by atoms with Crippen LogP contribution in [0.1, 0.15) is 6.23 Å². The zero-order chi connectivity index (χ0) is 21.3. The van der Waals surface area contributed by atoms with Crippen LogP contribution in [0.25, 0.3) is 11.2 Å². The third-order valence-electron chi connectivity index (χ3n) is 4.20. The molecule has 1 saturated heterocycles. The molecule has 1 aliphatic heterocycles. The Labute approximate surface area is 163 Å². The molecule has 160 valence electrons. The van der Waals surface area contributed by atoms with Gasteiger partial charge in [0.1, 0.15) is 36.8 Å². The molecule has 0 aromatic carbocycles. The number of rotatable bonds is 7. The van der Waals surface area contributed by atoms with E-state index in [1.54, 1.807) is 4.72 Å². The van der Waals surface area contributed by atoms with Gasteiger partial charge in [-0.05, 0) is 0 Å². The van der Waals surface area contributed by atoms with Crippen LogP contribution in [0.15, 0.2) is 12.7 Å². The van der Waals surface area contributed by atoms with Crippen LogP contribution in [0, 0.1) is 0 Å². The highest BCUT2D eigenvalue weighted by atomic mass is 32.2. The van der Waals surface area contributed by atoms with Gasteiger partial charge in [0.2, 0.25) is 0 Å². The molecule has 0 aliphatic carbocycles. The molecular weight excluding hydrogens is 414 g/mol. The number of carbonyl (C=O) groups is 1. The Morgan fingerprint density at radius 1 is 1.38 bits per heavy atom. The highest BCUT2D eigenvalue weighted by Gasteiger charge is 2.45. The first-order valence-corrected chi connectivity index (χ1v) is 9.65. The van der Waals surface area contributed by atoms with Crippen molar-refractivity contribution in [2.45, 2.75) is 30.6 Å². The summed E-state index contributed by atoms with van der Waals surface area (Å²) < 4.78 is 36.7. The van der Waals surface area contributed by atoms with Gasteiger partial charge in [-0.3, -0.25) is 13.5 Å². The van der Waals surface area contributed by atoms with Crippen molar-refractivity contribution in [2.24, 2.45) is 0 Å². The lowest BCUT2D eigenvalue weighted by Gasteiger charge is -2.16. The number of imidazole rings is 1. The lowest BCUT2D eigenvalue weighted by atomic mass is 10.1. The summed E-state index contributed by atoms with van der Waals surface area (Å²) in [7, 11) is -4.56. The van der Waals surface area contributed by atoms with Gasteiger partial charge >= 0.3 is 10.3 Å². The van der Waals surface area contributed by atoms with E-state index in [2.05, 4.69) is 24.9 Å². The van der Waals surface area contributed by atoms with Crippen molar-refractivity contribution in [1.29, 1.82) is 0 Å². The second kappa shape index (κ2) is 8.11. The largest absolute Gasteiger partial charge is 0.390 e. The van der Waals surface area contributed by atoms with Gasteiger partial charge in [-0.1, -0.05) is 0 Å². The quantitative estimate of drug-likeness (QED) is 0.240. The number of amides is 1. The van der Waals surface area contributed by atoms with Crippen molar-refractivity contribution in [3.8, 4) is 0 Å². The first-order chi connectivity index (χ1) is 13.6. The van der Waals surface area contributed by atoms with Crippen molar-refractivity contribution in [1.82, 2.24) is 24.2 Å². The summed E-state index contributed by atoms with van der Waals surface area (Å²) in [5.74, 6) is -0.962. The molecule has 0 bridgehead atoms. The molecule has 29 heavy (non-hydrogen) atoms. The Hall–Kier alpha value is -2.47. The van der Waals surface area contributed by atoms with E-state index in [0.29, 0.717) is 0 Å². The first-order valence-electron chi connectivity index (χ1n) is 8.24. The summed E-state index contributed by atoms with van der Waals surface area (Å²) >= 11 is 0. The average Bonchev–Trinajstić information content (AvgIpc) is 3.22. The Kier molecular flexibility index (Phi) is 5.94. The minimum atomic E-state index is -4.56. The second-order valence-corrected chi connectivity index (χ2v) is 7.56. The van der Waals surface area contributed by atoms with Gasteiger partial charge in [-0.2, -0.15) is 8.42 Å². The molecular formula is C13H20N7O8S+. The van der Waals surface area contributed by atoms with Crippen LogP contribution in [0.3, 0.4) is 0 Å². The number of fused-ring (bicyclic) bond motifs is 1. The molecule has 0 radical (unpaired) electrons. The van der Waals surface area contributed by atoms with E-state index in [1.807, 2.05) is 0 Å². The molecule has 16 heteroatoms. The molecule has 5 atom stereocenters. The zero-order valence-electron chi connectivity index (χ0n) is 14.8. The molecule has 2 aromatic rings. The highest BCUT2D eigenvalue weighted by Crippen LogP contribution is 2.32. The number of anilines is 1. The Morgan fingerprint density at radius 3 is 2.79 bits per heavy atom. The molecule has 15 nitrogen and oxygen atoms in total. The van der Waals surface area contributed by atoms with Crippen molar-refractivity contribution >= 4 is 33.2 Å². The van der Waals surface area contributed by atoms with E-state index in [0.717, 1.165) is 0 Å². The number of nitrogens with two attached hydrogens (primary N) is 1. The first kappa shape index (κ1) is 21.2. The van der Waals surface area contributed by atoms with Crippen molar-refractivity contribution in [3.05, 3.63) is 12.7 Å². The number of hydrogen-bond acceptors (Lipinski definition) is 12. The number of quaternary nitrogens is 1. The maximum Gasteiger partial charge on any atom is 0.362 e. The van der Waals surface area contributed by atoms with Crippen LogP contribution < -0.4 is 16.2 Å². The molecule has 0 spiro atoms. The van der Waals surface area contributed by atoms with Crippen LogP contribution in [-0.2, 0) is 24.0 Å². The summed E-state index contributed by atoms with van der Waals surface area (Å²) in [5, 5.41) is 29.3. The molecule has 2 aromatic heterocycles. The lowest BCUT2D eigenvalue weighted by molar-refractivity contribution is -0.408. The molecule has 3 rings (SSSR count). The molecule has 9 N–H and O–H groups in total. The second-order valence-electron chi connectivity index (χ2n) is 6.21. The van der Waals surface area contributed by atoms with Crippen LogP contribution in [0.5, 0.6) is 0 Å². The summed E-state index contributed by atoms with van der Waals surface area (Å²) in [5.41, 5.74) is 9.46. The normalized spacial score (nSPS) is 25.9. The van der Waals surface area contributed by atoms with Crippen LogP contribution in [-0.4, -0.2) is 86.7 Å². The van der Waals surface area contributed by atoms with E-state index in [-0.39, 0.29) is 17.0 Å². The molecule has 3 heterocycles. The number of nitrogen functional groups attached to an aromatic ring is 1. The Bertz CT molecular complexity index is 998. The lowest BCUT2D eigenvalue weighted by Crippen LogP contribution is -2.69. The summed E-state index contributed by atoms with van der Waals surface area (Å²) in [6, 6.07) is -1.21. The van der Waals surface area contributed by atoms with E-state index < -0.39 is 60.0 Å².